The smallest absolute Gasteiger partial charge is 0.0917 e. The Labute approximate surface area is 157 Å². The maximum atomic E-state index is 5.10. The lowest BCUT2D eigenvalue weighted by molar-refractivity contribution is 0.547. The van der Waals surface area contributed by atoms with Crippen LogP contribution in [-0.4, -0.2) is 14.5 Å². The number of fused-ring (bicyclic) bond motifs is 1. The number of aryl methyl sites for hydroxylation is 3. The summed E-state index contributed by atoms with van der Waals surface area (Å²) in [7, 11) is 0. The van der Waals surface area contributed by atoms with E-state index < -0.39 is 0 Å². The Hall–Kier alpha value is -2.16. The number of nitrogens with zero attached hydrogens (tertiary/aromatic N) is 3. The van der Waals surface area contributed by atoms with Gasteiger partial charge in [0.25, 0.3) is 0 Å². The van der Waals surface area contributed by atoms with Crippen molar-refractivity contribution in [3.8, 4) is 11.3 Å². The monoisotopic (exact) mass is 349 g/mol. The number of hydrogen-bond acceptors (Lipinski definition) is 2. The molecule has 0 amide bonds. The fourth-order valence-corrected chi connectivity index (χ4v) is 3.58. The van der Waals surface area contributed by atoms with Gasteiger partial charge in [-0.3, -0.25) is 4.98 Å². The molecule has 1 atom stereocenters. The molecular formula is C23H31N3. The van der Waals surface area contributed by atoms with Crippen molar-refractivity contribution in [3.05, 3.63) is 46.9 Å². The van der Waals surface area contributed by atoms with E-state index in [2.05, 4.69) is 77.4 Å². The van der Waals surface area contributed by atoms with E-state index in [1.807, 2.05) is 0 Å². The van der Waals surface area contributed by atoms with Crippen molar-refractivity contribution in [1.29, 1.82) is 0 Å². The second kappa shape index (κ2) is 7.22. The van der Waals surface area contributed by atoms with E-state index in [4.69, 9.17) is 9.97 Å². The molecule has 0 N–H and O–H groups in total. The zero-order valence-electron chi connectivity index (χ0n) is 17.2. The van der Waals surface area contributed by atoms with Crippen LogP contribution >= 0.6 is 0 Å². The first-order valence-electron chi connectivity index (χ1n) is 9.86. The van der Waals surface area contributed by atoms with Crippen LogP contribution in [0.15, 0.2) is 24.4 Å². The van der Waals surface area contributed by atoms with Crippen LogP contribution in [-0.2, 0) is 6.42 Å². The molecule has 3 heterocycles. The Morgan fingerprint density at radius 2 is 1.73 bits per heavy atom. The molecule has 0 aliphatic rings. The van der Waals surface area contributed by atoms with E-state index in [0.717, 1.165) is 35.4 Å². The van der Waals surface area contributed by atoms with Crippen LogP contribution < -0.4 is 0 Å². The molecule has 0 radical (unpaired) electrons. The highest BCUT2D eigenvalue weighted by molar-refractivity contribution is 5.84. The second-order valence-corrected chi connectivity index (χ2v) is 7.74. The Morgan fingerprint density at radius 3 is 2.35 bits per heavy atom. The van der Waals surface area contributed by atoms with Crippen molar-refractivity contribution in [2.24, 2.45) is 0 Å². The van der Waals surface area contributed by atoms with Crippen LogP contribution in [0.25, 0.3) is 22.3 Å². The Morgan fingerprint density at radius 1 is 1.00 bits per heavy atom. The predicted molar refractivity (Wildman–Crippen MR) is 111 cm³/mol. The minimum Gasteiger partial charge on any atom is -0.343 e. The summed E-state index contributed by atoms with van der Waals surface area (Å²) in [5, 5.41) is 0. The molecule has 3 aromatic heterocycles. The normalized spacial score (nSPS) is 12.9. The molecule has 0 saturated carbocycles. The molecule has 0 aromatic carbocycles. The summed E-state index contributed by atoms with van der Waals surface area (Å²) in [6, 6.07) is 7.15. The van der Waals surface area contributed by atoms with Gasteiger partial charge in [0.05, 0.1) is 16.7 Å². The lowest BCUT2D eigenvalue weighted by Gasteiger charge is -2.15. The molecule has 0 bridgehead atoms. The molecular weight excluding hydrogens is 318 g/mol. The third-order valence-electron chi connectivity index (χ3n) is 5.42. The predicted octanol–water partition coefficient (Wildman–Crippen LogP) is 6.37. The lowest BCUT2D eigenvalue weighted by Crippen LogP contribution is -2.03. The maximum Gasteiger partial charge on any atom is 0.0917 e. The first-order chi connectivity index (χ1) is 12.4. The summed E-state index contributed by atoms with van der Waals surface area (Å²) < 4.78 is 2.37. The summed E-state index contributed by atoms with van der Waals surface area (Å²) in [4.78, 5) is 10.0. The van der Waals surface area contributed by atoms with Crippen molar-refractivity contribution >= 4 is 11.0 Å². The average molecular weight is 350 g/mol. The number of pyridine rings is 2. The number of hydrogen-bond donors (Lipinski definition) is 0. The second-order valence-electron chi connectivity index (χ2n) is 7.74. The van der Waals surface area contributed by atoms with Crippen LogP contribution in [0.4, 0.5) is 0 Å². The molecule has 3 nitrogen and oxygen atoms in total. The van der Waals surface area contributed by atoms with Crippen molar-refractivity contribution < 1.29 is 0 Å². The summed E-state index contributed by atoms with van der Waals surface area (Å²) >= 11 is 0. The van der Waals surface area contributed by atoms with Crippen LogP contribution in [0.5, 0.6) is 0 Å². The highest BCUT2D eigenvalue weighted by Crippen LogP contribution is 2.32. The highest BCUT2D eigenvalue weighted by atomic mass is 15.0. The molecule has 26 heavy (non-hydrogen) atoms. The Bertz CT molecular complexity index is 934. The van der Waals surface area contributed by atoms with Crippen molar-refractivity contribution in [3.63, 3.8) is 0 Å². The van der Waals surface area contributed by atoms with Gasteiger partial charge in [0.15, 0.2) is 0 Å². The zero-order chi connectivity index (χ0) is 19.0. The molecule has 0 aliphatic heterocycles. The van der Waals surface area contributed by atoms with Crippen molar-refractivity contribution in [1.82, 2.24) is 14.5 Å². The van der Waals surface area contributed by atoms with Gasteiger partial charge >= 0.3 is 0 Å². The lowest BCUT2D eigenvalue weighted by atomic mass is 10.0. The third kappa shape index (κ3) is 3.15. The van der Waals surface area contributed by atoms with Crippen LogP contribution in [0, 0.1) is 13.8 Å². The van der Waals surface area contributed by atoms with Gasteiger partial charge in [-0.1, -0.05) is 27.7 Å². The third-order valence-corrected chi connectivity index (χ3v) is 5.42. The van der Waals surface area contributed by atoms with E-state index in [1.165, 1.54) is 22.2 Å². The van der Waals surface area contributed by atoms with Gasteiger partial charge in [-0.15, -0.1) is 0 Å². The maximum absolute atomic E-state index is 5.10. The number of aromatic nitrogens is 3. The highest BCUT2D eigenvalue weighted by Gasteiger charge is 2.17. The molecule has 3 heteroatoms. The van der Waals surface area contributed by atoms with E-state index >= 15 is 0 Å². The quantitative estimate of drug-likeness (QED) is 0.535. The van der Waals surface area contributed by atoms with Gasteiger partial charge in [-0.2, -0.15) is 0 Å². The van der Waals surface area contributed by atoms with E-state index in [-0.39, 0.29) is 0 Å². The topological polar surface area (TPSA) is 30.7 Å². The summed E-state index contributed by atoms with van der Waals surface area (Å²) in [5.74, 6) is 0.442. The van der Waals surface area contributed by atoms with E-state index in [9.17, 15) is 0 Å². The summed E-state index contributed by atoms with van der Waals surface area (Å²) in [6.07, 6.45) is 4.28. The van der Waals surface area contributed by atoms with Gasteiger partial charge in [-0.25, -0.2) is 4.98 Å². The van der Waals surface area contributed by atoms with Crippen molar-refractivity contribution in [2.45, 2.75) is 73.3 Å². The van der Waals surface area contributed by atoms with Gasteiger partial charge in [0.1, 0.15) is 0 Å². The standard InChI is InChI=1S/C23H31N3/c1-8-17(7)26-13-16(6)23-21(26)12-15(5)22(25-23)18-10-11-20(14(3)4)24-19(18)9-2/h10-14,17H,8-9H2,1-7H3. The molecule has 0 saturated heterocycles. The molecule has 0 fully saturated rings. The molecule has 138 valence electrons. The fraction of sp³-hybridized carbons (Fsp3) is 0.478. The minimum atomic E-state index is 0.442. The van der Waals surface area contributed by atoms with Crippen LogP contribution in [0.3, 0.4) is 0 Å². The van der Waals surface area contributed by atoms with Crippen LogP contribution in [0.1, 0.15) is 75.5 Å². The minimum absolute atomic E-state index is 0.442. The fourth-order valence-electron chi connectivity index (χ4n) is 3.58. The summed E-state index contributed by atoms with van der Waals surface area (Å²) in [6.45, 7) is 15.4. The molecule has 3 rings (SSSR count). The first-order valence-corrected chi connectivity index (χ1v) is 9.86. The number of rotatable bonds is 5. The average Bonchev–Trinajstić information content (AvgIpc) is 2.95. The molecule has 0 spiro atoms. The first kappa shape index (κ1) is 18.6. The molecule has 1 unspecified atom stereocenters. The van der Waals surface area contributed by atoms with Gasteiger partial charge < -0.3 is 4.57 Å². The molecule has 0 aliphatic carbocycles. The summed E-state index contributed by atoms with van der Waals surface area (Å²) in [5.41, 5.74) is 9.35. The van der Waals surface area contributed by atoms with Crippen molar-refractivity contribution in [2.75, 3.05) is 0 Å². The van der Waals surface area contributed by atoms with Gasteiger partial charge in [0.2, 0.25) is 0 Å². The Kier molecular flexibility index (Phi) is 5.17. The molecule has 3 aromatic rings. The van der Waals surface area contributed by atoms with Crippen LogP contribution in [0.2, 0.25) is 0 Å². The Balaban J connectivity index is 2.21. The van der Waals surface area contributed by atoms with E-state index in [1.54, 1.807) is 0 Å². The van der Waals surface area contributed by atoms with E-state index in [0.29, 0.717) is 12.0 Å². The largest absolute Gasteiger partial charge is 0.343 e. The SMILES string of the molecule is CCc1nc(C(C)C)ccc1-c1nc2c(C)cn(C(C)CC)c2cc1C. The van der Waals surface area contributed by atoms with Gasteiger partial charge in [0, 0.05) is 29.2 Å². The van der Waals surface area contributed by atoms with Gasteiger partial charge in [-0.05, 0) is 68.9 Å². The zero-order valence-corrected chi connectivity index (χ0v) is 17.2.